The number of hydrogen-bond acceptors (Lipinski definition) is 6. The zero-order valence-electron chi connectivity index (χ0n) is 22.0. The number of benzene rings is 2. The SMILES string of the molecule is COc1ccc(C2CC(=O)C3=C(C2)NC(C)=C(C(=O)Nc2cc(C)ccn2)C3c2cccc(OC)c2)cc1. The van der Waals surface area contributed by atoms with Gasteiger partial charge in [0, 0.05) is 41.1 Å². The molecular formula is C31H31N3O4. The van der Waals surface area contributed by atoms with Gasteiger partial charge in [-0.3, -0.25) is 9.59 Å². The highest BCUT2D eigenvalue weighted by Crippen LogP contribution is 2.46. The highest BCUT2D eigenvalue weighted by molar-refractivity contribution is 6.09. The monoisotopic (exact) mass is 509 g/mol. The second kappa shape index (κ2) is 10.5. The van der Waals surface area contributed by atoms with Crippen LogP contribution in [0.2, 0.25) is 0 Å². The zero-order valence-corrected chi connectivity index (χ0v) is 22.0. The molecule has 7 heteroatoms. The van der Waals surface area contributed by atoms with E-state index >= 15 is 0 Å². The van der Waals surface area contributed by atoms with Crippen molar-refractivity contribution >= 4 is 17.5 Å². The third kappa shape index (κ3) is 4.92. The minimum Gasteiger partial charge on any atom is -0.497 e. The van der Waals surface area contributed by atoms with Crippen molar-refractivity contribution in [3.63, 3.8) is 0 Å². The minimum absolute atomic E-state index is 0.0267. The van der Waals surface area contributed by atoms with Crippen molar-refractivity contribution < 1.29 is 19.1 Å². The summed E-state index contributed by atoms with van der Waals surface area (Å²) >= 11 is 0. The Labute approximate surface area is 222 Å². The van der Waals surface area contributed by atoms with Gasteiger partial charge in [-0.25, -0.2) is 4.98 Å². The van der Waals surface area contributed by atoms with Crippen LogP contribution in [0.15, 0.2) is 89.4 Å². The summed E-state index contributed by atoms with van der Waals surface area (Å²) in [5.74, 6) is 1.15. The van der Waals surface area contributed by atoms with E-state index in [9.17, 15) is 9.59 Å². The smallest absolute Gasteiger partial charge is 0.255 e. The largest absolute Gasteiger partial charge is 0.497 e. The van der Waals surface area contributed by atoms with E-state index in [4.69, 9.17) is 9.47 Å². The van der Waals surface area contributed by atoms with Crippen LogP contribution in [0.25, 0.3) is 0 Å². The highest BCUT2D eigenvalue weighted by Gasteiger charge is 2.41. The molecule has 2 aromatic carbocycles. The van der Waals surface area contributed by atoms with Gasteiger partial charge >= 0.3 is 0 Å². The van der Waals surface area contributed by atoms with Gasteiger partial charge in [-0.2, -0.15) is 0 Å². The van der Waals surface area contributed by atoms with E-state index in [2.05, 4.69) is 15.6 Å². The van der Waals surface area contributed by atoms with Crippen molar-refractivity contribution in [3.8, 4) is 11.5 Å². The Morgan fingerprint density at radius 3 is 2.42 bits per heavy atom. The molecule has 2 heterocycles. The van der Waals surface area contributed by atoms with Crippen LogP contribution in [0.4, 0.5) is 5.82 Å². The molecule has 0 bridgehead atoms. The number of methoxy groups -OCH3 is 2. The van der Waals surface area contributed by atoms with E-state index < -0.39 is 5.92 Å². The zero-order chi connectivity index (χ0) is 26.8. The molecule has 1 aliphatic carbocycles. The molecule has 1 aliphatic heterocycles. The molecule has 0 saturated carbocycles. The molecule has 38 heavy (non-hydrogen) atoms. The molecule has 0 radical (unpaired) electrons. The molecule has 2 aliphatic rings. The van der Waals surface area contributed by atoms with Gasteiger partial charge in [0.05, 0.1) is 14.2 Å². The molecule has 2 N–H and O–H groups in total. The minimum atomic E-state index is -0.532. The number of anilines is 1. The Hall–Kier alpha value is -4.39. The molecule has 194 valence electrons. The van der Waals surface area contributed by atoms with Crippen molar-refractivity contribution in [2.75, 3.05) is 19.5 Å². The van der Waals surface area contributed by atoms with Gasteiger partial charge in [0.1, 0.15) is 17.3 Å². The van der Waals surface area contributed by atoms with E-state index in [1.54, 1.807) is 20.4 Å². The van der Waals surface area contributed by atoms with Gasteiger partial charge in [-0.05, 0) is 79.3 Å². The number of nitrogens with zero attached hydrogens (tertiary/aromatic N) is 1. The van der Waals surface area contributed by atoms with Gasteiger partial charge in [-0.15, -0.1) is 0 Å². The Balaban J connectivity index is 1.55. The Morgan fingerprint density at radius 2 is 1.71 bits per heavy atom. The number of ether oxygens (including phenoxy) is 2. The molecule has 2 atom stereocenters. The van der Waals surface area contributed by atoms with Crippen molar-refractivity contribution in [1.82, 2.24) is 10.3 Å². The van der Waals surface area contributed by atoms with Crippen molar-refractivity contribution in [1.29, 1.82) is 0 Å². The lowest BCUT2D eigenvalue weighted by atomic mass is 9.71. The lowest BCUT2D eigenvalue weighted by molar-refractivity contribution is -0.116. The molecule has 0 fully saturated rings. The van der Waals surface area contributed by atoms with Gasteiger partial charge < -0.3 is 20.1 Å². The summed E-state index contributed by atoms with van der Waals surface area (Å²) in [5, 5.41) is 6.37. The fourth-order valence-electron chi connectivity index (χ4n) is 5.39. The van der Waals surface area contributed by atoms with E-state index in [1.165, 1.54) is 0 Å². The standard InChI is InChI=1S/C31H31N3O4/c1-18-12-13-32-27(14-18)34-31(36)28-19(2)33-25-16-22(20-8-10-23(37-3)11-9-20)17-26(35)30(25)29(28)21-6-5-7-24(15-21)38-4/h5-15,22,29,33H,16-17H2,1-4H3,(H,32,34,36). The molecule has 3 aromatic rings. The van der Waals surface area contributed by atoms with Gasteiger partial charge in [0.15, 0.2) is 5.78 Å². The number of aryl methyl sites for hydroxylation is 1. The molecule has 0 saturated heterocycles. The number of pyridine rings is 1. The van der Waals surface area contributed by atoms with Crippen LogP contribution in [0.5, 0.6) is 11.5 Å². The first-order valence-corrected chi connectivity index (χ1v) is 12.6. The molecule has 2 unspecified atom stereocenters. The maximum atomic E-state index is 13.8. The van der Waals surface area contributed by atoms with Crippen molar-refractivity contribution in [3.05, 3.63) is 106 Å². The first-order chi connectivity index (χ1) is 18.4. The summed E-state index contributed by atoms with van der Waals surface area (Å²) in [7, 11) is 3.24. The predicted molar refractivity (Wildman–Crippen MR) is 146 cm³/mol. The van der Waals surface area contributed by atoms with Crippen LogP contribution in [-0.4, -0.2) is 30.9 Å². The number of allylic oxidation sites excluding steroid dienone is 3. The molecule has 1 amide bonds. The number of nitrogens with one attached hydrogen (secondary N) is 2. The lowest BCUT2D eigenvalue weighted by Crippen LogP contribution is -2.37. The first kappa shape index (κ1) is 25.3. The number of carbonyl (C=O) groups excluding carboxylic acids is 2. The molecule has 5 rings (SSSR count). The molecular weight excluding hydrogens is 478 g/mol. The number of amides is 1. The van der Waals surface area contributed by atoms with Crippen LogP contribution in [0.3, 0.4) is 0 Å². The molecule has 0 spiro atoms. The normalized spacial score (nSPS) is 19.0. The summed E-state index contributed by atoms with van der Waals surface area (Å²) in [6, 6.07) is 19.1. The Kier molecular flexibility index (Phi) is 7.01. The van der Waals surface area contributed by atoms with E-state index in [0.717, 1.165) is 28.1 Å². The van der Waals surface area contributed by atoms with Gasteiger partial charge in [-0.1, -0.05) is 24.3 Å². The summed E-state index contributed by atoms with van der Waals surface area (Å²) < 4.78 is 10.8. The number of rotatable bonds is 6. The number of hydrogen-bond donors (Lipinski definition) is 2. The number of ketones is 1. The third-order valence-electron chi connectivity index (χ3n) is 7.24. The van der Waals surface area contributed by atoms with Crippen molar-refractivity contribution in [2.24, 2.45) is 0 Å². The Morgan fingerprint density at radius 1 is 0.947 bits per heavy atom. The Bertz CT molecular complexity index is 1460. The fourth-order valence-corrected chi connectivity index (χ4v) is 5.39. The summed E-state index contributed by atoms with van der Waals surface area (Å²) in [5.41, 5.74) is 5.61. The van der Waals surface area contributed by atoms with Crippen molar-refractivity contribution in [2.45, 2.75) is 38.5 Å². The number of dihydropyridines is 1. The summed E-state index contributed by atoms with van der Waals surface area (Å²) in [6.07, 6.45) is 2.69. The summed E-state index contributed by atoms with van der Waals surface area (Å²) in [6.45, 7) is 3.83. The average Bonchev–Trinajstić information content (AvgIpc) is 2.92. The second-order valence-corrected chi connectivity index (χ2v) is 9.74. The number of carbonyl (C=O) groups is 2. The van der Waals surface area contributed by atoms with E-state index in [0.29, 0.717) is 41.3 Å². The molecule has 7 nitrogen and oxygen atoms in total. The number of aromatic nitrogens is 1. The van der Waals surface area contributed by atoms with Gasteiger partial charge in [0.2, 0.25) is 0 Å². The number of Topliss-reactive ketones (excluding diaryl/α,β-unsaturated/α-hetero) is 1. The third-order valence-corrected chi connectivity index (χ3v) is 7.24. The van der Waals surface area contributed by atoms with Crippen LogP contribution in [-0.2, 0) is 9.59 Å². The van der Waals surface area contributed by atoms with Crippen LogP contribution >= 0.6 is 0 Å². The topological polar surface area (TPSA) is 89.5 Å². The maximum Gasteiger partial charge on any atom is 0.255 e. The second-order valence-electron chi connectivity index (χ2n) is 9.74. The maximum absolute atomic E-state index is 13.8. The van der Waals surface area contributed by atoms with Gasteiger partial charge in [0.25, 0.3) is 5.91 Å². The van der Waals surface area contributed by atoms with Crippen LogP contribution < -0.4 is 20.1 Å². The fraction of sp³-hybridized carbons (Fsp3) is 0.258. The molecule has 1 aromatic heterocycles. The average molecular weight is 510 g/mol. The van der Waals surface area contributed by atoms with E-state index in [-0.39, 0.29) is 17.6 Å². The van der Waals surface area contributed by atoms with E-state index in [1.807, 2.05) is 74.5 Å². The lowest BCUT2D eigenvalue weighted by Gasteiger charge is -2.37. The summed E-state index contributed by atoms with van der Waals surface area (Å²) in [4.78, 5) is 31.9. The van der Waals surface area contributed by atoms with Crippen LogP contribution in [0, 0.1) is 6.92 Å². The van der Waals surface area contributed by atoms with Crippen LogP contribution in [0.1, 0.15) is 48.3 Å². The predicted octanol–water partition coefficient (Wildman–Crippen LogP) is 5.41. The highest BCUT2D eigenvalue weighted by atomic mass is 16.5. The quantitative estimate of drug-likeness (QED) is 0.462. The first-order valence-electron chi connectivity index (χ1n) is 12.6.